The molecule has 3 nitrogen and oxygen atoms in total. The average molecular weight is 264 g/mol. The number of carbonyl (C=O) groups excluding carboxylic acids is 1. The molecule has 1 unspecified atom stereocenters. The Morgan fingerprint density at radius 1 is 1.21 bits per heavy atom. The Kier molecular flexibility index (Phi) is 3.59. The van der Waals surface area contributed by atoms with Crippen LogP contribution in [0.1, 0.15) is 51.9 Å². The summed E-state index contributed by atoms with van der Waals surface area (Å²) in [6.07, 6.45) is 9.10. The average Bonchev–Trinajstić information content (AvgIpc) is 2.35. The molecule has 0 heterocycles. The van der Waals surface area contributed by atoms with Gasteiger partial charge in [-0.1, -0.05) is 6.92 Å². The minimum Gasteiger partial charge on any atom is -0.356 e. The van der Waals surface area contributed by atoms with Gasteiger partial charge in [-0.05, 0) is 74.2 Å². The molecule has 3 N–H and O–H groups in total. The fourth-order valence-electron chi connectivity index (χ4n) is 5.26. The van der Waals surface area contributed by atoms with Gasteiger partial charge in [-0.3, -0.25) is 4.79 Å². The van der Waals surface area contributed by atoms with Crippen LogP contribution in [0.3, 0.4) is 0 Å². The van der Waals surface area contributed by atoms with Crippen molar-refractivity contribution in [2.45, 2.75) is 51.9 Å². The van der Waals surface area contributed by atoms with Crippen LogP contribution in [0.15, 0.2) is 0 Å². The van der Waals surface area contributed by atoms with Gasteiger partial charge in [0.05, 0.1) is 0 Å². The Hall–Kier alpha value is -0.570. The highest BCUT2D eigenvalue weighted by molar-refractivity contribution is 5.76. The molecule has 108 valence electrons. The summed E-state index contributed by atoms with van der Waals surface area (Å²) >= 11 is 0. The third-order valence-corrected chi connectivity index (χ3v) is 5.76. The van der Waals surface area contributed by atoms with Gasteiger partial charge in [-0.2, -0.15) is 0 Å². The molecule has 19 heavy (non-hydrogen) atoms. The second-order valence-electron chi connectivity index (χ2n) is 7.74. The molecule has 0 aromatic rings. The highest BCUT2D eigenvalue weighted by atomic mass is 16.1. The molecule has 3 heteroatoms. The van der Waals surface area contributed by atoms with Gasteiger partial charge < -0.3 is 11.1 Å². The summed E-state index contributed by atoms with van der Waals surface area (Å²) in [5.41, 5.74) is 6.04. The van der Waals surface area contributed by atoms with Crippen LogP contribution < -0.4 is 11.1 Å². The number of rotatable bonds is 5. The molecule has 1 atom stereocenters. The summed E-state index contributed by atoms with van der Waals surface area (Å²) in [7, 11) is 0. The maximum absolute atomic E-state index is 11.9. The molecule has 4 fully saturated rings. The smallest absolute Gasteiger partial charge is 0.220 e. The summed E-state index contributed by atoms with van der Waals surface area (Å²) in [4.78, 5) is 11.9. The number of nitrogens with one attached hydrogen (secondary N) is 1. The van der Waals surface area contributed by atoms with Crippen LogP contribution in [0, 0.1) is 29.1 Å². The number of nitrogens with two attached hydrogens (primary N) is 1. The largest absolute Gasteiger partial charge is 0.356 e. The summed E-state index contributed by atoms with van der Waals surface area (Å²) in [5.74, 6) is 3.40. The van der Waals surface area contributed by atoms with Crippen molar-refractivity contribution in [2.24, 2.45) is 34.8 Å². The third kappa shape index (κ3) is 2.81. The zero-order valence-electron chi connectivity index (χ0n) is 12.2. The predicted octanol–water partition coefficient (Wildman–Crippen LogP) is 2.30. The fraction of sp³-hybridized carbons (Fsp3) is 0.938. The molecule has 4 aliphatic carbocycles. The molecular formula is C16H28N2O. The van der Waals surface area contributed by atoms with Gasteiger partial charge in [0, 0.05) is 13.0 Å². The molecular weight excluding hydrogens is 236 g/mol. The first-order chi connectivity index (χ1) is 9.08. The van der Waals surface area contributed by atoms with Gasteiger partial charge in [-0.25, -0.2) is 0 Å². The minimum absolute atomic E-state index is 0.202. The van der Waals surface area contributed by atoms with Crippen molar-refractivity contribution in [3.63, 3.8) is 0 Å². The van der Waals surface area contributed by atoms with E-state index in [1.54, 1.807) is 0 Å². The summed E-state index contributed by atoms with van der Waals surface area (Å²) in [5, 5.41) is 3.21. The third-order valence-electron chi connectivity index (χ3n) is 5.76. The second kappa shape index (κ2) is 5.08. The topological polar surface area (TPSA) is 55.1 Å². The second-order valence-corrected chi connectivity index (χ2v) is 7.74. The van der Waals surface area contributed by atoms with Crippen LogP contribution in [0.5, 0.6) is 0 Å². The molecule has 0 saturated heterocycles. The van der Waals surface area contributed by atoms with Crippen molar-refractivity contribution in [1.82, 2.24) is 5.32 Å². The van der Waals surface area contributed by atoms with E-state index in [9.17, 15) is 4.79 Å². The van der Waals surface area contributed by atoms with Crippen molar-refractivity contribution in [2.75, 3.05) is 13.1 Å². The molecule has 0 aromatic heterocycles. The molecule has 0 radical (unpaired) electrons. The van der Waals surface area contributed by atoms with Gasteiger partial charge >= 0.3 is 0 Å². The van der Waals surface area contributed by atoms with E-state index in [1.807, 2.05) is 6.92 Å². The monoisotopic (exact) mass is 264 g/mol. The molecule has 4 aliphatic rings. The standard InChI is InChI=1S/C16H28N2O/c1-11(9-17)2-15(19)18-10-16-6-12-3-13(7-16)5-14(4-12)8-16/h11-14H,2-10,17H2,1H3,(H,18,19). The van der Waals surface area contributed by atoms with E-state index in [0.717, 1.165) is 24.3 Å². The van der Waals surface area contributed by atoms with Crippen molar-refractivity contribution in [3.05, 3.63) is 0 Å². The van der Waals surface area contributed by atoms with E-state index < -0.39 is 0 Å². The van der Waals surface area contributed by atoms with E-state index in [2.05, 4.69) is 5.32 Å². The Morgan fingerprint density at radius 2 is 1.74 bits per heavy atom. The summed E-state index contributed by atoms with van der Waals surface area (Å²) in [6, 6.07) is 0. The Balaban J connectivity index is 1.54. The van der Waals surface area contributed by atoms with E-state index in [-0.39, 0.29) is 5.91 Å². The summed E-state index contributed by atoms with van der Waals surface area (Å²) in [6.45, 7) is 3.57. The normalized spacial score (nSPS) is 41.3. The number of amides is 1. The van der Waals surface area contributed by atoms with Gasteiger partial charge in [0.2, 0.25) is 5.91 Å². The van der Waals surface area contributed by atoms with Crippen LogP contribution in [-0.4, -0.2) is 19.0 Å². The van der Waals surface area contributed by atoms with Gasteiger partial charge in [0.1, 0.15) is 0 Å². The SMILES string of the molecule is CC(CN)CC(=O)NCC12CC3CC(CC(C3)C1)C2. The van der Waals surface area contributed by atoms with E-state index in [4.69, 9.17) is 5.73 Å². The molecule has 4 saturated carbocycles. The Labute approximate surface area is 116 Å². The highest BCUT2D eigenvalue weighted by Gasteiger charge is 2.50. The lowest BCUT2D eigenvalue weighted by Gasteiger charge is -2.56. The zero-order chi connectivity index (χ0) is 13.5. The van der Waals surface area contributed by atoms with Crippen molar-refractivity contribution in [1.29, 1.82) is 0 Å². The molecule has 0 spiro atoms. The van der Waals surface area contributed by atoms with E-state index in [0.29, 0.717) is 24.3 Å². The van der Waals surface area contributed by atoms with Crippen LogP contribution in [-0.2, 0) is 4.79 Å². The predicted molar refractivity (Wildman–Crippen MR) is 76.5 cm³/mol. The van der Waals surface area contributed by atoms with Crippen LogP contribution >= 0.6 is 0 Å². The lowest BCUT2D eigenvalue weighted by atomic mass is 9.49. The van der Waals surface area contributed by atoms with Gasteiger partial charge in [0.25, 0.3) is 0 Å². The van der Waals surface area contributed by atoms with E-state index >= 15 is 0 Å². The van der Waals surface area contributed by atoms with Crippen molar-refractivity contribution in [3.8, 4) is 0 Å². The number of hydrogen-bond acceptors (Lipinski definition) is 2. The summed E-state index contributed by atoms with van der Waals surface area (Å²) < 4.78 is 0. The minimum atomic E-state index is 0.202. The Morgan fingerprint density at radius 3 is 2.21 bits per heavy atom. The number of hydrogen-bond donors (Lipinski definition) is 2. The maximum Gasteiger partial charge on any atom is 0.220 e. The molecule has 1 amide bonds. The van der Waals surface area contributed by atoms with Crippen molar-refractivity contribution < 1.29 is 4.79 Å². The number of carbonyl (C=O) groups is 1. The van der Waals surface area contributed by atoms with Crippen LogP contribution in [0.25, 0.3) is 0 Å². The maximum atomic E-state index is 11.9. The molecule has 4 bridgehead atoms. The fourth-order valence-corrected chi connectivity index (χ4v) is 5.26. The molecule has 0 aliphatic heterocycles. The van der Waals surface area contributed by atoms with Gasteiger partial charge in [-0.15, -0.1) is 0 Å². The molecule has 0 aromatic carbocycles. The first kappa shape index (κ1) is 13.4. The molecule has 4 rings (SSSR count). The Bertz CT molecular complexity index is 317. The van der Waals surface area contributed by atoms with Gasteiger partial charge in [0.15, 0.2) is 0 Å². The van der Waals surface area contributed by atoms with Crippen molar-refractivity contribution >= 4 is 5.91 Å². The lowest BCUT2D eigenvalue weighted by Crippen LogP contribution is -2.51. The van der Waals surface area contributed by atoms with Crippen LogP contribution in [0.4, 0.5) is 0 Å². The zero-order valence-corrected chi connectivity index (χ0v) is 12.2. The van der Waals surface area contributed by atoms with Crippen LogP contribution in [0.2, 0.25) is 0 Å². The van der Waals surface area contributed by atoms with E-state index in [1.165, 1.54) is 38.5 Å². The first-order valence-electron chi connectivity index (χ1n) is 8.05. The lowest BCUT2D eigenvalue weighted by molar-refractivity contribution is -0.124. The quantitative estimate of drug-likeness (QED) is 0.800. The first-order valence-corrected chi connectivity index (χ1v) is 8.05. The highest BCUT2D eigenvalue weighted by Crippen LogP contribution is 2.59.